The number of hydrogen-bond donors (Lipinski definition) is 0. The van der Waals surface area contributed by atoms with E-state index in [4.69, 9.17) is 0 Å². The Morgan fingerprint density at radius 3 is 1.76 bits per heavy atom. The van der Waals surface area contributed by atoms with Crippen molar-refractivity contribution in [3.63, 3.8) is 0 Å². The molecule has 9 rings (SSSR count). The number of nitriles is 2. The third-order valence-corrected chi connectivity index (χ3v) is 10.0. The molecule has 2 aromatic heterocycles. The molecular weight excluding hydrogens is 609 g/mol. The van der Waals surface area contributed by atoms with Crippen LogP contribution in [-0.4, -0.2) is 9.13 Å². The summed E-state index contributed by atoms with van der Waals surface area (Å²) in [6.45, 7) is 4.32. The summed E-state index contributed by atoms with van der Waals surface area (Å²) in [6.07, 6.45) is 0. The second kappa shape index (κ2) is 11.4. The highest BCUT2D eigenvalue weighted by molar-refractivity contribution is 6.16. The van der Waals surface area contributed by atoms with E-state index in [9.17, 15) is 10.5 Å². The van der Waals surface area contributed by atoms with Crippen molar-refractivity contribution in [2.45, 2.75) is 13.8 Å². The van der Waals surface area contributed by atoms with Gasteiger partial charge in [-0.15, -0.1) is 0 Å². The number of nitrogens with zero attached hydrogens (tertiary/aromatic N) is 4. The van der Waals surface area contributed by atoms with E-state index in [0.717, 1.165) is 61.0 Å². The van der Waals surface area contributed by atoms with Gasteiger partial charge in [-0.25, -0.2) is 0 Å². The predicted molar refractivity (Wildman–Crippen MR) is 205 cm³/mol. The van der Waals surface area contributed by atoms with Gasteiger partial charge in [0.05, 0.1) is 38.9 Å². The summed E-state index contributed by atoms with van der Waals surface area (Å²) in [5.74, 6) is 0. The Kier molecular flexibility index (Phi) is 6.66. The fraction of sp³-hybridized carbons (Fsp3) is 0.0435. The van der Waals surface area contributed by atoms with Crippen LogP contribution in [0.4, 0.5) is 0 Å². The maximum atomic E-state index is 10.0. The number of benzene rings is 7. The number of rotatable bonds is 4. The lowest BCUT2D eigenvalue weighted by Gasteiger charge is -2.17. The Morgan fingerprint density at radius 1 is 0.440 bits per heavy atom. The third-order valence-electron chi connectivity index (χ3n) is 10.0. The van der Waals surface area contributed by atoms with Gasteiger partial charge in [0.2, 0.25) is 0 Å². The minimum Gasteiger partial charge on any atom is -0.309 e. The molecule has 0 N–H and O–H groups in total. The highest BCUT2D eigenvalue weighted by Crippen LogP contribution is 2.43. The van der Waals surface area contributed by atoms with E-state index in [-0.39, 0.29) is 0 Å². The Bertz CT molecular complexity index is 2890. The molecule has 0 saturated carbocycles. The second-order valence-corrected chi connectivity index (χ2v) is 12.9. The van der Waals surface area contributed by atoms with Gasteiger partial charge in [-0.3, -0.25) is 0 Å². The van der Waals surface area contributed by atoms with Crippen molar-refractivity contribution in [3.05, 3.63) is 168 Å². The van der Waals surface area contributed by atoms with E-state index in [1.165, 1.54) is 27.4 Å². The molecule has 234 valence electrons. The molecule has 0 aliphatic heterocycles. The summed E-state index contributed by atoms with van der Waals surface area (Å²) in [6, 6.07) is 55.5. The van der Waals surface area contributed by atoms with Gasteiger partial charge in [-0.1, -0.05) is 84.9 Å². The van der Waals surface area contributed by atoms with Crippen molar-refractivity contribution in [3.8, 4) is 45.8 Å². The van der Waals surface area contributed by atoms with Crippen molar-refractivity contribution >= 4 is 43.6 Å². The van der Waals surface area contributed by atoms with Crippen molar-refractivity contribution in [2.75, 3.05) is 0 Å². The molecule has 0 aliphatic rings. The molecule has 0 spiro atoms. The zero-order valence-electron chi connectivity index (χ0n) is 27.6. The first-order chi connectivity index (χ1) is 24.6. The van der Waals surface area contributed by atoms with Crippen molar-refractivity contribution < 1.29 is 0 Å². The van der Waals surface area contributed by atoms with Gasteiger partial charge in [0.25, 0.3) is 0 Å². The second-order valence-electron chi connectivity index (χ2n) is 12.9. The monoisotopic (exact) mass is 638 g/mol. The van der Waals surface area contributed by atoms with Crippen LogP contribution in [0.2, 0.25) is 0 Å². The molecule has 0 aliphatic carbocycles. The van der Waals surface area contributed by atoms with Crippen LogP contribution in [0, 0.1) is 36.5 Å². The molecule has 4 nitrogen and oxygen atoms in total. The van der Waals surface area contributed by atoms with Crippen molar-refractivity contribution in [1.82, 2.24) is 9.13 Å². The molecule has 0 bridgehead atoms. The molecule has 0 atom stereocenters. The number of aromatic nitrogens is 2. The normalized spacial score (nSPS) is 11.4. The quantitative estimate of drug-likeness (QED) is 0.193. The zero-order valence-corrected chi connectivity index (χ0v) is 27.6. The van der Waals surface area contributed by atoms with E-state index in [0.29, 0.717) is 11.1 Å². The van der Waals surface area contributed by atoms with Gasteiger partial charge in [0.1, 0.15) is 12.1 Å². The summed E-state index contributed by atoms with van der Waals surface area (Å²) in [5, 5.41) is 24.5. The zero-order chi connectivity index (χ0) is 33.9. The van der Waals surface area contributed by atoms with Crippen molar-refractivity contribution in [1.29, 1.82) is 10.5 Å². The fourth-order valence-electron chi connectivity index (χ4n) is 7.78. The molecule has 9 aromatic rings. The van der Waals surface area contributed by atoms with E-state index in [1.807, 2.05) is 18.2 Å². The number of hydrogen-bond acceptors (Lipinski definition) is 2. The maximum absolute atomic E-state index is 10.0. The lowest BCUT2D eigenvalue weighted by atomic mass is 9.93. The van der Waals surface area contributed by atoms with Crippen LogP contribution < -0.4 is 0 Å². The highest BCUT2D eigenvalue weighted by Gasteiger charge is 2.21. The standard InChI is InChI=1S/C46H30N4/c1-29-11-10-12-30(2)45(29)50-43-18-9-7-16-38(43)41-26-34(25-39(46(41)50)32-19-20-33(27-47)35(23-32)28-48)31-21-22-44-40(24-31)37-15-6-8-17-42(37)49(44)36-13-4-3-5-14-36/h3-26H,1-2H3. The van der Waals surface area contributed by atoms with Crippen LogP contribution in [-0.2, 0) is 0 Å². The minimum absolute atomic E-state index is 0.369. The Labute approximate surface area is 289 Å². The number of fused-ring (bicyclic) bond motifs is 6. The van der Waals surface area contributed by atoms with E-state index < -0.39 is 0 Å². The fourth-order valence-corrected chi connectivity index (χ4v) is 7.78. The molecule has 7 aromatic carbocycles. The molecule has 0 amide bonds. The summed E-state index contributed by atoms with van der Waals surface area (Å²) >= 11 is 0. The highest BCUT2D eigenvalue weighted by atomic mass is 15.0. The SMILES string of the molecule is Cc1cccc(C)c1-n1c2ccccc2c2cc(-c3ccc4c(c3)c3ccccc3n4-c3ccccc3)cc(-c3ccc(C#N)c(C#N)c3)c21. The Morgan fingerprint density at radius 2 is 1.04 bits per heavy atom. The lowest BCUT2D eigenvalue weighted by Crippen LogP contribution is -2.01. The first kappa shape index (κ1) is 29.3. The van der Waals surface area contributed by atoms with E-state index in [2.05, 4.69) is 156 Å². The van der Waals surface area contributed by atoms with Crippen LogP contribution in [0.25, 0.3) is 77.2 Å². The molecule has 2 heterocycles. The Hall–Kier alpha value is -6.88. The van der Waals surface area contributed by atoms with Crippen LogP contribution in [0.15, 0.2) is 146 Å². The topological polar surface area (TPSA) is 57.4 Å². The smallest absolute Gasteiger partial charge is 0.101 e. The molecule has 50 heavy (non-hydrogen) atoms. The van der Waals surface area contributed by atoms with Crippen LogP contribution >= 0.6 is 0 Å². The van der Waals surface area contributed by atoms with Gasteiger partial charge in [-0.05, 0) is 102 Å². The summed E-state index contributed by atoms with van der Waals surface area (Å²) in [7, 11) is 0. The van der Waals surface area contributed by atoms with Crippen LogP contribution in [0.3, 0.4) is 0 Å². The summed E-state index contributed by atoms with van der Waals surface area (Å²) in [4.78, 5) is 0. The molecular formula is C46H30N4. The van der Waals surface area contributed by atoms with Gasteiger partial charge in [0.15, 0.2) is 0 Å². The van der Waals surface area contributed by atoms with E-state index in [1.54, 1.807) is 6.07 Å². The largest absolute Gasteiger partial charge is 0.309 e. The van der Waals surface area contributed by atoms with Gasteiger partial charge >= 0.3 is 0 Å². The molecule has 0 radical (unpaired) electrons. The number of aryl methyl sites for hydroxylation is 2. The summed E-state index contributed by atoms with van der Waals surface area (Å²) < 4.78 is 4.72. The van der Waals surface area contributed by atoms with Crippen LogP contribution in [0.5, 0.6) is 0 Å². The molecule has 4 heteroatoms. The lowest BCUT2D eigenvalue weighted by molar-refractivity contribution is 1.12. The predicted octanol–water partition coefficient (Wildman–Crippen LogP) is 11.6. The average molecular weight is 639 g/mol. The van der Waals surface area contributed by atoms with Crippen molar-refractivity contribution in [2.24, 2.45) is 0 Å². The molecule has 0 unspecified atom stereocenters. The average Bonchev–Trinajstić information content (AvgIpc) is 3.67. The first-order valence-corrected chi connectivity index (χ1v) is 16.7. The van der Waals surface area contributed by atoms with Gasteiger partial charge < -0.3 is 9.13 Å². The van der Waals surface area contributed by atoms with Gasteiger partial charge in [-0.2, -0.15) is 10.5 Å². The Balaban J connectivity index is 1.39. The van der Waals surface area contributed by atoms with Crippen LogP contribution in [0.1, 0.15) is 22.3 Å². The molecule has 0 fully saturated rings. The number of para-hydroxylation sites is 4. The minimum atomic E-state index is 0.369. The molecule has 0 saturated heterocycles. The van der Waals surface area contributed by atoms with Gasteiger partial charge in [0, 0.05) is 32.8 Å². The van der Waals surface area contributed by atoms with E-state index >= 15 is 0 Å². The summed E-state index contributed by atoms with van der Waals surface area (Å²) in [5.41, 5.74) is 14.0. The maximum Gasteiger partial charge on any atom is 0.101 e. The third kappa shape index (κ3) is 4.37. The first-order valence-electron chi connectivity index (χ1n) is 16.7.